The molecule has 0 fully saturated rings. The minimum atomic E-state index is -0.793. The fourth-order valence-corrected chi connectivity index (χ4v) is 4.18. The van der Waals surface area contributed by atoms with Gasteiger partial charge in [0.15, 0.2) is 0 Å². The van der Waals surface area contributed by atoms with Crippen molar-refractivity contribution < 1.29 is 14.3 Å². The third-order valence-corrected chi connectivity index (χ3v) is 5.87. The van der Waals surface area contributed by atoms with Crippen molar-refractivity contribution in [3.8, 4) is 11.1 Å². The molecule has 4 rings (SSSR count). The Labute approximate surface area is 195 Å². The molecule has 0 aromatic heterocycles. The van der Waals surface area contributed by atoms with Crippen molar-refractivity contribution in [3.63, 3.8) is 0 Å². The first-order valence-corrected chi connectivity index (χ1v) is 11.1. The summed E-state index contributed by atoms with van der Waals surface area (Å²) < 4.78 is 5.82. The van der Waals surface area contributed by atoms with Gasteiger partial charge in [0.2, 0.25) is 0 Å². The molecule has 1 amide bonds. The van der Waals surface area contributed by atoms with Gasteiger partial charge in [0.25, 0.3) is 5.91 Å². The predicted octanol–water partition coefficient (Wildman–Crippen LogP) is 5.78. The Hall–Kier alpha value is -3.44. The molecule has 0 bridgehead atoms. The van der Waals surface area contributed by atoms with Gasteiger partial charge in [-0.1, -0.05) is 88.7 Å². The Morgan fingerprint density at radius 3 is 2.38 bits per heavy atom. The van der Waals surface area contributed by atoms with E-state index in [-0.39, 0.29) is 5.91 Å². The quantitative estimate of drug-likeness (QED) is 0.350. The van der Waals surface area contributed by atoms with Crippen molar-refractivity contribution in [2.24, 2.45) is 0 Å². The number of fused-ring (bicyclic) bond motifs is 1. The normalized spacial score (nSPS) is 11.7. The third kappa shape index (κ3) is 4.73. The van der Waals surface area contributed by atoms with Crippen LogP contribution in [0.2, 0.25) is 0 Å². The molecule has 1 N–H and O–H groups in total. The second kappa shape index (κ2) is 9.79. The number of methoxy groups -OCH3 is 1. The second-order valence-electron chi connectivity index (χ2n) is 7.46. The van der Waals surface area contributed by atoms with Crippen molar-refractivity contribution in [3.05, 3.63) is 107 Å². The molecule has 0 heterocycles. The van der Waals surface area contributed by atoms with Crippen LogP contribution < -0.4 is 5.32 Å². The van der Waals surface area contributed by atoms with Crippen LogP contribution in [0.25, 0.3) is 21.9 Å². The van der Waals surface area contributed by atoms with E-state index in [0.29, 0.717) is 12.0 Å². The van der Waals surface area contributed by atoms with E-state index in [1.807, 2.05) is 84.9 Å². The maximum atomic E-state index is 13.4. The molecule has 4 aromatic rings. The van der Waals surface area contributed by atoms with Gasteiger partial charge >= 0.3 is 5.97 Å². The first kappa shape index (κ1) is 21.8. The number of carbonyl (C=O) groups is 2. The smallest absolute Gasteiger partial charge is 0.328 e. The number of benzene rings is 4. The number of hydrogen-bond donors (Lipinski definition) is 1. The molecule has 32 heavy (non-hydrogen) atoms. The zero-order chi connectivity index (χ0) is 22.5. The van der Waals surface area contributed by atoms with Gasteiger partial charge in [0.05, 0.1) is 7.11 Å². The number of rotatable bonds is 6. The molecule has 0 saturated carbocycles. The van der Waals surface area contributed by atoms with Crippen LogP contribution in [0.1, 0.15) is 15.9 Å². The van der Waals surface area contributed by atoms with Gasteiger partial charge in [-0.15, -0.1) is 0 Å². The highest BCUT2D eigenvalue weighted by molar-refractivity contribution is 9.10. The molecule has 160 valence electrons. The van der Waals surface area contributed by atoms with E-state index in [2.05, 4.69) is 21.2 Å². The molecule has 0 saturated heterocycles. The van der Waals surface area contributed by atoms with Gasteiger partial charge in [-0.3, -0.25) is 4.79 Å². The largest absolute Gasteiger partial charge is 0.467 e. The average molecular weight is 488 g/mol. The number of halogens is 1. The van der Waals surface area contributed by atoms with E-state index in [1.54, 1.807) is 6.07 Å². The average Bonchev–Trinajstić information content (AvgIpc) is 2.83. The van der Waals surface area contributed by atoms with Crippen LogP contribution >= 0.6 is 15.9 Å². The molecular weight excluding hydrogens is 466 g/mol. The van der Waals surface area contributed by atoms with Crippen LogP contribution in [0, 0.1) is 0 Å². The van der Waals surface area contributed by atoms with E-state index < -0.39 is 12.0 Å². The summed E-state index contributed by atoms with van der Waals surface area (Å²) >= 11 is 3.53. The van der Waals surface area contributed by atoms with Gasteiger partial charge in [-0.2, -0.15) is 0 Å². The third-order valence-electron chi connectivity index (χ3n) is 5.38. The first-order chi connectivity index (χ1) is 15.6. The molecule has 0 aliphatic heterocycles. The monoisotopic (exact) mass is 487 g/mol. The number of nitrogens with one attached hydrogen (secondary N) is 1. The summed E-state index contributed by atoms with van der Waals surface area (Å²) in [6, 6.07) is 28.4. The highest BCUT2D eigenvalue weighted by atomic mass is 79.9. The summed E-state index contributed by atoms with van der Waals surface area (Å²) in [5, 5.41) is 5.02. The Morgan fingerprint density at radius 2 is 1.59 bits per heavy atom. The van der Waals surface area contributed by atoms with E-state index in [4.69, 9.17) is 4.74 Å². The van der Waals surface area contributed by atoms with Gasteiger partial charge in [-0.25, -0.2) is 4.79 Å². The number of carbonyl (C=O) groups excluding carboxylic acids is 2. The Morgan fingerprint density at radius 1 is 0.875 bits per heavy atom. The highest BCUT2D eigenvalue weighted by Crippen LogP contribution is 2.33. The maximum Gasteiger partial charge on any atom is 0.328 e. The summed E-state index contributed by atoms with van der Waals surface area (Å²) in [5.74, 6) is -0.808. The summed E-state index contributed by atoms with van der Waals surface area (Å²) in [4.78, 5) is 25.8. The van der Waals surface area contributed by atoms with Gasteiger partial charge in [-0.05, 0) is 45.7 Å². The first-order valence-electron chi connectivity index (χ1n) is 10.3. The number of ether oxygens (including phenoxy) is 1. The fourth-order valence-electron chi connectivity index (χ4n) is 3.82. The van der Waals surface area contributed by atoms with Gasteiger partial charge in [0, 0.05) is 16.5 Å². The van der Waals surface area contributed by atoms with Crippen molar-refractivity contribution in [1.29, 1.82) is 0 Å². The van der Waals surface area contributed by atoms with Crippen LogP contribution in [-0.4, -0.2) is 25.0 Å². The minimum absolute atomic E-state index is 0.327. The van der Waals surface area contributed by atoms with Gasteiger partial charge in [0.1, 0.15) is 6.04 Å². The standard InChI is InChI=1S/C27H22BrNO3/c1-32-27(31)25(16-18-8-3-2-4-9-18)29-26(30)23-15-14-20(28)17-24(23)22-13-7-11-19-10-5-6-12-21(19)22/h2-15,17,25H,16H2,1H3,(H,29,30)/t25-/m0/s1. The summed E-state index contributed by atoms with van der Waals surface area (Å²) in [6.45, 7) is 0. The van der Waals surface area contributed by atoms with Crippen molar-refractivity contribution >= 4 is 38.6 Å². The Bertz CT molecular complexity index is 1270. The lowest BCUT2D eigenvalue weighted by atomic mass is 9.94. The molecule has 5 heteroatoms. The molecule has 0 unspecified atom stereocenters. The van der Waals surface area contributed by atoms with Crippen LogP contribution in [0.4, 0.5) is 0 Å². The van der Waals surface area contributed by atoms with E-state index in [0.717, 1.165) is 31.9 Å². The molecule has 4 aromatic carbocycles. The number of amides is 1. The number of esters is 1. The molecule has 0 aliphatic rings. The lowest BCUT2D eigenvalue weighted by Gasteiger charge is -2.19. The molecule has 4 nitrogen and oxygen atoms in total. The lowest BCUT2D eigenvalue weighted by Crippen LogP contribution is -2.43. The van der Waals surface area contributed by atoms with Crippen molar-refractivity contribution in [2.75, 3.05) is 7.11 Å². The molecule has 1 atom stereocenters. The summed E-state index contributed by atoms with van der Waals surface area (Å²) in [5.41, 5.74) is 3.17. The minimum Gasteiger partial charge on any atom is -0.467 e. The molecule has 0 aliphatic carbocycles. The van der Waals surface area contributed by atoms with Crippen LogP contribution in [0.5, 0.6) is 0 Å². The zero-order valence-corrected chi connectivity index (χ0v) is 19.1. The lowest BCUT2D eigenvalue weighted by molar-refractivity contribution is -0.142. The van der Waals surface area contributed by atoms with Crippen molar-refractivity contribution in [1.82, 2.24) is 5.32 Å². The summed E-state index contributed by atoms with van der Waals surface area (Å²) in [6.07, 6.45) is 0.347. The molecular formula is C27H22BrNO3. The van der Waals surface area contributed by atoms with Crippen LogP contribution in [0.3, 0.4) is 0 Å². The fraction of sp³-hybridized carbons (Fsp3) is 0.111. The number of hydrogen-bond acceptors (Lipinski definition) is 3. The molecule has 0 spiro atoms. The zero-order valence-electron chi connectivity index (χ0n) is 17.5. The van der Waals surface area contributed by atoms with Crippen LogP contribution in [-0.2, 0) is 16.0 Å². The summed E-state index contributed by atoms with van der Waals surface area (Å²) in [7, 11) is 1.33. The molecule has 0 radical (unpaired) electrons. The van der Waals surface area contributed by atoms with Crippen LogP contribution in [0.15, 0.2) is 95.5 Å². The Kier molecular flexibility index (Phi) is 6.66. The Balaban J connectivity index is 1.71. The maximum absolute atomic E-state index is 13.4. The van der Waals surface area contributed by atoms with Crippen molar-refractivity contribution in [2.45, 2.75) is 12.5 Å². The van der Waals surface area contributed by atoms with E-state index in [9.17, 15) is 9.59 Å². The van der Waals surface area contributed by atoms with E-state index in [1.165, 1.54) is 7.11 Å². The highest BCUT2D eigenvalue weighted by Gasteiger charge is 2.24. The predicted molar refractivity (Wildman–Crippen MR) is 131 cm³/mol. The van der Waals surface area contributed by atoms with E-state index >= 15 is 0 Å². The topological polar surface area (TPSA) is 55.4 Å². The second-order valence-corrected chi connectivity index (χ2v) is 8.37. The SMILES string of the molecule is COC(=O)[C@H](Cc1ccccc1)NC(=O)c1ccc(Br)cc1-c1cccc2ccccc12. The van der Waals surface area contributed by atoms with Gasteiger partial charge < -0.3 is 10.1 Å².